The molecule has 1 aliphatic rings. The second-order valence-corrected chi connectivity index (χ2v) is 7.47. The molecule has 0 aliphatic carbocycles. The van der Waals surface area contributed by atoms with E-state index >= 15 is 0 Å². The zero-order valence-electron chi connectivity index (χ0n) is 18.3. The summed E-state index contributed by atoms with van der Waals surface area (Å²) in [6, 6.07) is 18.3. The van der Waals surface area contributed by atoms with Crippen molar-refractivity contribution in [1.29, 1.82) is 0 Å². The summed E-state index contributed by atoms with van der Waals surface area (Å²) in [4.78, 5) is 19.3. The molecule has 1 aliphatic heterocycles. The molecule has 0 bridgehead atoms. The van der Waals surface area contributed by atoms with Gasteiger partial charge < -0.3 is 20.7 Å². The molecule has 1 fully saturated rings. The van der Waals surface area contributed by atoms with Crippen LogP contribution in [0.25, 0.3) is 0 Å². The first-order chi connectivity index (χ1) is 15.2. The van der Waals surface area contributed by atoms with Gasteiger partial charge in [-0.3, -0.25) is 9.69 Å². The van der Waals surface area contributed by atoms with E-state index in [4.69, 9.17) is 9.73 Å². The predicted octanol–water partition coefficient (Wildman–Crippen LogP) is 1.89. The Hall–Kier alpha value is -2.90. The third kappa shape index (κ3) is 8.03. The van der Waals surface area contributed by atoms with Crippen LogP contribution in [0.2, 0.25) is 0 Å². The van der Waals surface area contributed by atoms with Crippen molar-refractivity contribution in [3.05, 3.63) is 71.3 Å². The maximum atomic E-state index is 12.2. The minimum Gasteiger partial charge on any atom is -0.379 e. The van der Waals surface area contributed by atoms with Crippen LogP contribution < -0.4 is 16.0 Å². The number of hydrogen-bond acceptors (Lipinski definition) is 4. The zero-order chi connectivity index (χ0) is 21.7. The number of carbonyl (C=O) groups excluding carboxylic acids is 1. The third-order valence-corrected chi connectivity index (χ3v) is 5.12. The Balaban J connectivity index is 1.52. The largest absolute Gasteiger partial charge is 0.379 e. The first-order valence-electron chi connectivity index (χ1n) is 10.9. The van der Waals surface area contributed by atoms with Gasteiger partial charge in [0.25, 0.3) is 0 Å². The number of rotatable bonds is 9. The molecule has 0 atom stereocenters. The number of morpholine rings is 1. The highest BCUT2D eigenvalue weighted by Crippen LogP contribution is 2.14. The van der Waals surface area contributed by atoms with E-state index in [2.05, 4.69) is 39.0 Å². The molecule has 2 aromatic carbocycles. The van der Waals surface area contributed by atoms with Crippen LogP contribution >= 0.6 is 0 Å². The fraction of sp³-hybridized carbons (Fsp3) is 0.417. The Morgan fingerprint density at radius 2 is 1.68 bits per heavy atom. The number of amides is 1. The minimum atomic E-state index is -0.0674. The monoisotopic (exact) mass is 423 g/mol. The summed E-state index contributed by atoms with van der Waals surface area (Å²) in [5.41, 5.74) is 3.55. The SMILES string of the molecule is CCNC(=NCc1ccccc1CN1CCOCC1)NCC(=O)NCc1ccccc1. The maximum Gasteiger partial charge on any atom is 0.239 e. The number of aliphatic imine (C=N–C) groups is 1. The molecule has 1 heterocycles. The molecule has 31 heavy (non-hydrogen) atoms. The highest BCUT2D eigenvalue weighted by Gasteiger charge is 2.12. The molecule has 166 valence electrons. The third-order valence-electron chi connectivity index (χ3n) is 5.12. The van der Waals surface area contributed by atoms with Gasteiger partial charge in [-0.15, -0.1) is 0 Å². The number of ether oxygens (including phenoxy) is 1. The lowest BCUT2D eigenvalue weighted by Crippen LogP contribution is -2.43. The molecule has 0 spiro atoms. The van der Waals surface area contributed by atoms with Gasteiger partial charge in [-0.25, -0.2) is 4.99 Å². The van der Waals surface area contributed by atoms with Crippen LogP contribution in [0, 0.1) is 0 Å². The van der Waals surface area contributed by atoms with Gasteiger partial charge in [0.2, 0.25) is 5.91 Å². The topological polar surface area (TPSA) is 78.0 Å². The maximum absolute atomic E-state index is 12.2. The summed E-state index contributed by atoms with van der Waals surface area (Å²) in [6.45, 7) is 8.40. The van der Waals surface area contributed by atoms with Crippen molar-refractivity contribution in [2.75, 3.05) is 39.4 Å². The van der Waals surface area contributed by atoms with Gasteiger partial charge in [0.05, 0.1) is 26.3 Å². The summed E-state index contributed by atoms with van der Waals surface area (Å²) in [7, 11) is 0. The van der Waals surface area contributed by atoms with Crippen LogP contribution in [0.1, 0.15) is 23.6 Å². The van der Waals surface area contributed by atoms with Crippen molar-refractivity contribution in [2.45, 2.75) is 26.6 Å². The Kier molecular flexibility index (Phi) is 9.34. The lowest BCUT2D eigenvalue weighted by atomic mass is 10.1. The van der Waals surface area contributed by atoms with Gasteiger partial charge in [0.15, 0.2) is 5.96 Å². The Labute approximate surface area is 184 Å². The van der Waals surface area contributed by atoms with Crippen LogP contribution in [0.3, 0.4) is 0 Å². The normalized spacial score (nSPS) is 14.8. The lowest BCUT2D eigenvalue weighted by Gasteiger charge is -2.27. The van der Waals surface area contributed by atoms with E-state index in [1.54, 1.807) is 0 Å². The molecule has 2 aromatic rings. The van der Waals surface area contributed by atoms with E-state index in [9.17, 15) is 4.79 Å². The molecule has 3 N–H and O–H groups in total. The van der Waals surface area contributed by atoms with Crippen LogP contribution in [-0.2, 0) is 29.2 Å². The molecule has 7 nitrogen and oxygen atoms in total. The van der Waals surface area contributed by atoms with E-state index in [1.807, 2.05) is 43.3 Å². The average Bonchev–Trinajstić information content (AvgIpc) is 2.81. The molecule has 0 radical (unpaired) electrons. The average molecular weight is 424 g/mol. The second-order valence-electron chi connectivity index (χ2n) is 7.47. The highest BCUT2D eigenvalue weighted by molar-refractivity contribution is 5.86. The number of nitrogens with one attached hydrogen (secondary N) is 3. The smallest absolute Gasteiger partial charge is 0.239 e. The van der Waals surface area contributed by atoms with Gasteiger partial charge in [0.1, 0.15) is 0 Å². The minimum absolute atomic E-state index is 0.0674. The molecule has 1 saturated heterocycles. The molecule has 3 rings (SSSR count). The van der Waals surface area contributed by atoms with Crippen molar-refractivity contribution in [2.24, 2.45) is 4.99 Å². The van der Waals surface area contributed by atoms with Crippen LogP contribution in [-0.4, -0.2) is 56.2 Å². The summed E-state index contributed by atoms with van der Waals surface area (Å²) in [6.07, 6.45) is 0. The fourth-order valence-electron chi connectivity index (χ4n) is 3.40. The predicted molar refractivity (Wildman–Crippen MR) is 124 cm³/mol. The summed E-state index contributed by atoms with van der Waals surface area (Å²) in [5, 5.41) is 9.27. The summed E-state index contributed by atoms with van der Waals surface area (Å²) < 4.78 is 5.45. The van der Waals surface area contributed by atoms with Crippen molar-refractivity contribution < 1.29 is 9.53 Å². The van der Waals surface area contributed by atoms with E-state index < -0.39 is 0 Å². The summed E-state index contributed by atoms with van der Waals surface area (Å²) in [5.74, 6) is 0.570. The van der Waals surface area contributed by atoms with Crippen molar-refractivity contribution in [3.8, 4) is 0 Å². The molecule has 0 unspecified atom stereocenters. The van der Waals surface area contributed by atoms with Crippen molar-refractivity contribution in [3.63, 3.8) is 0 Å². The zero-order valence-corrected chi connectivity index (χ0v) is 18.3. The van der Waals surface area contributed by atoms with Gasteiger partial charge >= 0.3 is 0 Å². The quantitative estimate of drug-likeness (QED) is 0.424. The van der Waals surface area contributed by atoms with Crippen LogP contribution in [0.4, 0.5) is 0 Å². The first kappa shape index (κ1) is 22.8. The standard InChI is InChI=1S/C24H33N5O2/c1-2-25-24(28-18-23(30)26-16-20-8-4-3-5-9-20)27-17-21-10-6-7-11-22(21)19-29-12-14-31-15-13-29/h3-11H,2,12-19H2,1H3,(H,26,30)(H2,25,27,28). The first-order valence-corrected chi connectivity index (χ1v) is 10.9. The summed E-state index contributed by atoms with van der Waals surface area (Å²) >= 11 is 0. The number of nitrogens with zero attached hydrogens (tertiary/aromatic N) is 2. The molecule has 1 amide bonds. The number of carbonyl (C=O) groups is 1. The number of guanidine groups is 1. The number of benzene rings is 2. The van der Waals surface area contributed by atoms with Gasteiger partial charge in [-0.05, 0) is 23.6 Å². The fourth-order valence-corrected chi connectivity index (χ4v) is 3.40. The second kappa shape index (κ2) is 12.7. The molecular weight excluding hydrogens is 390 g/mol. The lowest BCUT2D eigenvalue weighted by molar-refractivity contribution is -0.120. The molecular formula is C24H33N5O2. The molecule has 7 heteroatoms. The van der Waals surface area contributed by atoms with Crippen LogP contribution in [0.5, 0.6) is 0 Å². The molecule has 0 saturated carbocycles. The van der Waals surface area contributed by atoms with E-state index in [0.717, 1.165) is 45.0 Å². The van der Waals surface area contributed by atoms with Crippen molar-refractivity contribution >= 4 is 11.9 Å². The van der Waals surface area contributed by atoms with E-state index in [1.165, 1.54) is 11.1 Å². The van der Waals surface area contributed by atoms with Gasteiger partial charge in [-0.1, -0.05) is 54.6 Å². The highest BCUT2D eigenvalue weighted by atomic mass is 16.5. The Morgan fingerprint density at radius 3 is 2.42 bits per heavy atom. The Morgan fingerprint density at radius 1 is 0.968 bits per heavy atom. The van der Waals surface area contributed by atoms with Gasteiger partial charge in [-0.2, -0.15) is 0 Å². The Bertz CT molecular complexity index is 835. The van der Waals surface area contributed by atoms with Crippen molar-refractivity contribution in [1.82, 2.24) is 20.9 Å². The van der Waals surface area contributed by atoms with E-state index in [-0.39, 0.29) is 12.5 Å². The number of hydrogen-bond donors (Lipinski definition) is 3. The van der Waals surface area contributed by atoms with Crippen LogP contribution in [0.15, 0.2) is 59.6 Å². The van der Waals surface area contributed by atoms with E-state index in [0.29, 0.717) is 19.0 Å². The molecule has 0 aromatic heterocycles. The van der Waals surface area contributed by atoms with Gasteiger partial charge in [0, 0.05) is 32.7 Å².